The SMILES string of the molecule is CC(C)(/C=C/n1ncc(C(=O)NC[C@@H]2C3CC4CCC2C(CO)(C4)C3)c1C(F)(F)F)CC#N. The smallest absolute Gasteiger partial charge is 0.396 e. The van der Waals surface area contributed by atoms with Gasteiger partial charge in [-0.15, -0.1) is 0 Å². The van der Waals surface area contributed by atoms with Crippen molar-refractivity contribution in [2.75, 3.05) is 13.2 Å². The van der Waals surface area contributed by atoms with Gasteiger partial charge in [0.1, 0.15) is 0 Å². The summed E-state index contributed by atoms with van der Waals surface area (Å²) >= 11 is 0. The average molecular weight is 465 g/mol. The monoisotopic (exact) mass is 464 g/mol. The lowest BCUT2D eigenvalue weighted by atomic mass is 9.62. The van der Waals surface area contributed by atoms with Crippen molar-refractivity contribution in [3.05, 3.63) is 23.5 Å². The zero-order valence-corrected chi connectivity index (χ0v) is 19.0. The van der Waals surface area contributed by atoms with Crippen LogP contribution in [0.1, 0.15) is 68.4 Å². The quantitative estimate of drug-likeness (QED) is 0.623. The summed E-state index contributed by atoms with van der Waals surface area (Å²) in [5.74, 6) is 0.720. The van der Waals surface area contributed by atoms with Gasteiger partial charge < -0.3 is 10.4 Å². The summed E-state index contributed by atoms with van der Waals surface area (Å²) in [4.78, 5) is 12.9. The second kappa shape index (κ2) is 8.46. The average Bonchev–Trinajstić information content (AvgIpc) is 3.22. The lowest BCUT2D eigenvalue weighted by molar-refractivity contribution is -0.142. The first-order chi connectivity index (χ1) is 15.5. The maximum Gasteiger partial charge on any atom is 0.434 e. The van der Waals surface area contributed by atoms with E-state index in [0.717, 1.165) is 38.3 Å². The zero-order valence-electron chi connectivity index (χ0n) is 19.0. The molecule has 4 unspecified atom stereocenters. The Kier molecular flexibility index (Phi) is 6.10. The number of nitriles is 1. The first kappa shape index (κ1) is 23.8. The fraction of sp³-hybridized carbons (Fsp3) is 0.708. The van der Waals surface area contributed by atoms with Gasteiger partial charge in [-0.1, -0.05) is 26.3 Å². The molecular formula is C24H31F3N4O2. The number of carbonyl (C=O) groups excluding carboxylic acids is 1. The van der Waals surface area contributed by atoms with E-state index in [4.69, 9.17) is 5.26 Å². The Balaban J connectivity index is 1.52. The van der Waals surface area contributed by atoms with Crippen LogP contribution >= 0.6 is 0 Å². The molecule has 6 nitrogen and oxygen atoms in total. The van der Waals surface area contributed by atoms with E-state index in [9.17, 15) is 23.1 Å². The Morgan fingerprint density at radius 3 is 2.82 bits per heavy atom. The minimum atomic E-state index is -4.77. The number of fused-ring (bicyclic) bond motifs is 2. The molecule has 3 bridgehead atoms. The number of aliphatic hydroxyl groups is 1. The Morgan fingerprint density at radius 2 is 2.15 bits per heavy atom. The number of rotatable bonds is 7. The van der Waals surface area contributed by atoms with Crippen LogP contribution in [0.2, 0.25) is 0 Å². The molecule has 0 radical (unpaired) electrons. The summed E-state index contributed by atoms with van der Waals surface area (Å²) in [5.41, 5.74) is -2.34. The lowest BCUT2D eigenvalue weighted by Gasteiger charge is -2.44. The van der Waals surface area contributed by atoms with Crippen LogP contribution in [0.15, 0.2) is 12.3 Å². The van der Waals surface area contributed by atoms with E-state index in [-0.39, 0.29) is 24.4 Å². The van der Waals surface area contributed by atoms with Crippen molar-refractivity contribution in [1.82, 2.24) is 15.1 Å². The number of halogens is 3. The van der Waals surface area contributed by atoms with E-state index < -0.39 is 28.8 Å². The molecule has 9 heteroatoms. The minimum absolute atomic E-state index is 0.0791. The minimum Gasteiger partial charge on any atom is -0.396 e. The van der Waals surface area contributed by atoms with Crippen molar-refractivity contribution in [3.8, 4) is 6.07 Å². The summed E-state index contributed by atoms with van der Waals surface area (Å²) < 4.78 is 42.2. The predicted molar refractivity (Wildman–Crippen MR) is 115 cm³/mol. The molecule has 180 valence electrons. The molecule has 1 aromatic heterocycles. The number of aromatic nitrogens is 2. The number of aliphatic hydroxyl groups excluding tert-OH is 1. The van der Waals surface area contributed by atoms with E-state index in [0.29, 0.717) is 29.0 Å². The molecule has 3 aliphatic rings. The van der Waals surface area contributed by atoms with E-state index in [1.54, 1.807) is 13.8 Å². The van der Waals surface area contributed by atoms with Gasteiger partial charge in [0.25, 0.3) is 5.91 Å². The van der Waals surface area contributed by atoms with Crippen molar-refractivity contribution in [3.63, 3.8) is 0 Å². The molecule has 3 aliphatic carbocycles. The summed E-state index contributed by atoms with van der Waals surface area (Å²) in [6.07, 6.45) is 4.17. The molecule has 0 aromatic carbocycles. The third-order valence-electron chi connectivity index (χ3n) is 8.12. The van der Waals surface area contributed by atoms with Crippen LogP contribution in [-0.4, -0.2) is 33.9 Å². The molecule has 4 rings (SSSR count). The van der Waals surface area contributed by atoms with Gasteiger partial charge in [0, 0.05) is 25.8 Å². The number of hydrogen-bond donors (Lipinski definition) is 2. The maximum absolute atomic E-state index is 13.9. The highest BCUT2D eigenvalue weighted by atomic mass is 19.4. The van der Waals surface area contributed by atoms with Crippen LogP contribution in [0.3, 0.4) is 0 Å². The summed E-state index contributed by atoms with van der Waals surface area (Å²) in [5, 5.41) is 25.5. The standard InChI is InChI=1S/C24H31F3N4O2/c1-22(2,5-7-28)6-8-31-20(24(25,26)27)18(13-30-31)21(33)29-12-17-16-9-15-3-4-19(17)23(10-15,11-16)14-32/h6,8,13,15-17,19,32H,3-5,9-12,14H2,1-2H3,(H,29,33)/b8-6+/t15?,16?,17-,19?,23?/m1/s1. The van der Waals surface area contributed by atoms with Crippen molar-refractivity contribution in [2.45, 2.75) is 58.5 Å². The number of alkyl halides is 3. The van der Waals surface area contributed by atoms with E-state index in [1.807, 2.05) is 6.07 Å². The first-order valence-electron chi connectivity index (χ1n) is 11.6. The molecule has 33 heavy (non-hydrogen) atoms. The van der Waals surface area contributed by atoms with Crippen molar-refractivity contribution >= 4 is 12.1 Å². The van der Waals surface area contributed by atoms with E-state index in [1.165, 1.54) is 12.3 Å². The van der Waals surface area contributed by atoms with Crippen LogP contribution in [-0.2, 0) is 6.18 Å². The number of allylic oxidation sites excluding steroid dienone is 1. The van der Waals surface area contributed by atoms with Crippen molar-refractivity contribution < 1.29 is 23.1 Å². The predicted octanol–water partition coefficient (Wildman–Crippen LogP) is 4.48. The third kappa shape index (κ3) is 4.42. The normalized spacial score (nSPS) is 31.2. The zero-order chi connectivity index (χ0) is 24.0. The molecule has 1 heterocycles. The molecule has 1 amide bonds. The second-order valence-corrected chi connectivity index (χ2v) is 10.8. The van der Waals surface area contributed by atoms with Gasteiger partial charge in [0.15, 0.2) is 5.69 Å². The van der Waals surface area contributed by atoms with Crippen LogP contribution in [0, 0.1) is 45.8 Å². The van der Waals surface area contributed by atoms with Crippen molar-refractivity contribution in [1.29, 1.82) is 5.26 Å². The van der Waals surface area contributed by atoms with Gasteiger partial charge in [-0.2, -0.15) is 23.5 Å². The molecular weight excluding hydrogens is 433 g/mol. The van der Waals surface area contributed by atoms with Gasteiger partial charge in [0.2, 0.25) is 0 Å². The highest BCUT2D eigenvalue weighted by molar-refractivity contribution is 5.95. The third-order valence-corrected chi connectivity index (χ3v) is 8.12. The van der Waals surface area contributed by atoms with Gasteiger partial charge >= 0.3 is 6.18 Å². The van der Waals surface area contributed by atoms with Gasteiger partial charge in [-0.05, 0) is 60.2 Å². The Bertz CT molecular complexity index is 977. The number of amides is 1. The lowest BCUT2D eigenvalue weighted by Crippen LogP contribution is -2.40. The Morgan fingerprint density at radius 1 is 1.39 bits per heavy atom. The molecule has 0 aliphatic heterocycles. The second-order valence-electron chi connectivity index (χ2n) is 10.8. The largest absolute Gasteiger partial charge is 0.434 e. The van der Waals surface area contributed by atoms with Crippen LogP contribution in [0.25, 0.3) is 6.20 Å². The number of nitrogens with zero attached hydrogens (tertiary/aromatic N) is 3. The Labute approximate surface area is 191 Å². The fourth-order valence-electron chi connectivity index (χ4n) is 6.66. The van der Waals surface area contributed by atoms with Gasteiger partial charge in [0.05, 0.1) is 17.8 Å². The molecule has 2 N–H and O–H groups in total. The van der Waals surface area contributed by atoms with Gasteiger partial charge in [-0.3, -0.25) is 4.79 Å². The van der Waals surface area contributed by atoms with Crippen LogP contribution in [0.4, 0.5) is 13.2 Å². The van der Waals surface area contributed by atoms with Crippen molar-refractivity contribution in [2.24, 2.45) is 34.5 Å². The highest BCUT2D eigenvalue weighted by Crippen LogP contribution is 2.64. The fourth-order valence-corrected chi connectivity index (χ4v) is 6.66. The molecule has 1 aromatic rings. The number of nitrogens with one attached hydrogen (secondary N) is 1. The topological polar surface area (TPSA) is 90.9 Å². The molecule has 3 fully saturated rings. The van der Waals surface area contributed by atoms with E-state index in [2.05, 4.69) is 10.4 Å². The molecule has 3 saturated carbocycles. The van der Waals surface area contributed by atoms with Gasteiger partial charge in [-0.25, -0.2) is 4.68 Å². The maximum atomic E-state index is 13.9. The number of carbonyl (C=O) groups is 1. The summed E-state index contributed by atoms with van der Waals surface area (Å²) in [6.45, 7) is 3.94. The summed E-state index contributed by atoms with van der Waals surface area (Å²) in [7, 11) is 0. The Hall–Kier alpha value is -2.34. The van der Waals surface area contributed by atoms with E-state index >= 15 is 0 Å². The van der Waals surface area contributed by atoms with Crippen LogP contribution < -0.4 is 5.32 Å². The highest BCUT2D eigenvalue weighted by Gasteiger charge is 2.58. The number of hydrogen-bond acceptors (Lipinski definition) is 4. The van der Waals surface area contributed by atoms with Crippen LogP contribution in [0.5, 0.6) is 0 Å². The molecule has 0 spiro atoms. The first-order valence-corrected chi connectivity index (χ1v) is 11.6. The summed E-state index contributed by atoms with van der Waals surface area (Å²) in [6, 6.07) is 2.01. The molecule has 0 saturated heterocycles. The molecule has 5 atom stereocenters.